The summed E-state index contributed by atoms with van der Waals surface area (Å²) in [6, 6.07) is 0.620. The summed E-state index contributed by atoms with van der Waals surface area (Å²) in [6.45, 7) is 0. The molecule has 0 aromatic heterocycles. The molecule has 0 bridgehead atoms. The number of nitrogens with two attached hydrogens (primary N) is 1. The Kier molecular flexibility index (Phi) is 1.95. The number of nitrogen functional groups attached to an aromatic ring is 1. The summed E-state index contributed by atoms with van der Waals surface area (Å²) in [7, 11) is 0. The lowest BCUT2D eigenvalue weighted by Crippen LogP contribution is -1.98. The van der Waals surface area contributed by atoms with Crippen LogP contribution in [0.1, 0.15) is 0 Å². The summed E-state index contributed by atoms with van der Waals surface area (Å²) in [5.74, 6) is -3.84. The fraction of sp³-hybridized carbons (Fsp3) is 0. The monoisotopic (exact) mass is 181 g/mol. The third-order valence-corrected chi connectivity index (χ3v) is 1.42. The molecule has 11 heavy (non-hydrogen) atoms. The van der Waals surface area contributed by atoms with E-state index < -0.39 is 28.2 Å². The van der Waals surface area contributed by atoms with E-state index in [1.807, 2.05) is 0 Å². The zero-order valence-electron chi connectivity index (χ0n) is 5.17. The second-order valence-corrected chi connectivity index (χ2v) is 2.29. The molecule has 5 heteroatoms. The van der Waals surface area contributed by atoms with Crippen LogP contribution in [0.2, 0.25) is 5.02 Å². The number of halogens is 4. The van der Waals surface area contributed by atoms with Crippen LogP contribution in [0, 0.1) is 17.5 Å². The van der Waals surface area contributed by atoms with Crippen LogP contribution in [0.15, 0.2) is 6.07 Å². The Balaban J connectivity index is 3.46. The van der Waals surface area contributed by atoms with E-state index in [0.29, 0.717) is 6.07 Å². The van der Waals surface area contributed by atoms with E-state index in [1.165, 1.54) is 0 Å². The molecule has 0 aliphatic rings. The highest BCUT2D eigenvalue weighted by molar-refractivity contribution is 6.30. The smallest absolute Gasteiger partial charge is 0.186 e. The van der Waals surface area contributed by atoms with Gasteiger partial charge in [0.05, 0.1) is 5.02 Å². The van der Waals surface area contributed by atoms with E-state index >= 15 is 0 Å². The second-order valence-electron chi connectivity index (χ2n) is 1.88. The highest BCUT2D eigenvalue weighted by atomic mass is 35.5. The van der Waals surface area contributed by atoms with Crippen LogP contribution >= 0.6 is 11.6 Å². The average Bonchev–Trinajstić information content (AvgIpc) is 1.97. The highest BCUT2D eigenvalue weighted by Crippen LogP contribution is 2.24. The van der Waals surface area contributed by atoms with Gasteiger partial charge in [-0.1, -0.05) is 11.6 Å². The first-order chi connectivity index (χ1) is 5.04. The fourth-order valence-electron chi connectivity index (χ4n) is 0.580. The van der Waals surface area contributed by atoms with Gasteiger partial charge in [-0.15, -0.1) is 0 Å². The average molecular weight is 182 g/mol. The molecule has 0 radical (unpaired) electrons. The standard InChI is InChI=1S/C6H3ClF3N/c7-2-1-3(8)6(11)5(10)4(2)9/h1H,11H2. The molecule has 2 N–H and O–H groups in total. The minimum absolute atomic E-state index is 0.616. The first-order valence-electron chi connectivity index (χ1n) is 2.62. The topological polar surface area (TPSA) is 26.0 Å². The molecule has 1 aromatic carbocycles. The van der Waals surface area contributed by atoms with Gasteiger partial charge in [-0.05, 0) is 6.07 Å². The van der Waals surface area contributed by atoms with Gasteiger partial charge >= 0.3 is 0 Å². The third-order valence-electron chi connectivity index (χ3n) is 1.15. The first-order valence-corrected chi connectivity index (χ1v) is 3.00. The molecular formula is C6H3ClF3N. The van der Waals surface area contributed by atoms with E-state index in [0.717, 1.165) is 0 Å². The molecule has 0 spiro atoms. The Hall–Kier alpha value is -0.900. The van der Waals surface area contributed by atoms with Crippen LogP contribution in [-0.4, -0.2) is 0 Å². The van der Waals surface area contributed by atoms with Crippen LogP contribution in [0.3, 0.4) is 0 Å². The number of benzene rings is 1. The molecule has 1 rings (SSSR count). The third kappa shape index (κ3) is 1.26. The Morgan fingerprint density at radius 2 is 1.73 bits per heavy atom. The predicted octanol–water partition coefficient (Wildman–Crippen LogP) is 2.34. The van der Waals surface area contributed by atoms with Gasteiger partial charge in [0.25, 0.3) is 0 Å². The van der Waals surface area contributed by atoms with Crippen molar-refractivity contribution in [3.05, 3.63) is 28.5 Å². The lowest BCUT2D eigenvalue weighted by Gasteiger charge is -2.00. The lowest BCUT2D eigenvalue weighted by atomic mass is 10.3. The van der Waals surface area contributed by atoms with Gasteiger partial charge < -0.3 is 5.73 Å². The van der Waals surface area contributed by atoms with E-state index in [1.54, 1.807) is 0 Å². The molecule has 0 saturated carbocycles. The maximum Gasteiger partial charge on any atom is 0.186 e. The molecule has 1 nitrogen and oxygen atoms in total. The van der Waals surface area contributed by atoms with Gasteiger partial charge in [-0.2, -0.15) is 0 Å². The number of hydrogen-bond donors (Lipinski definition) is 1. The first kappa shape index (κ1) is 8.20. The normalized spacial score (nSPS) is 10.2. The highest BCUT2D eigenvalue weighted by Gasteiger charge is 2.14. The molecule has 0 aliphatic heterocycles. The van der Waals surface area contributed by atoms with Crippen molar-refractivity contribution in [2.75, 3.05) is 5.73 Å². The Morgan fingerprint density at radius 1 is 1.18 bits per heavy atom. The van der Waals surface area contributed by atoms with Crippen molar-refractivity contribution in [1.29, 1.82) is 0 Å². The number of rotatable bonds is 0. The summed E-state index contributed by atoms with van der Waals surface area (Å²) < 4.78 is 37.3. The minimum Gasteiger partial charge on any atom is -0.394 e. The Bertz CT molecular complexity index is 274. The summed E-state index contributed by atoms with van der Waals surface area (Å²) in [5, 5.41) is -0.616. The minimum atomic E-state index is -1.45. The largest absolute Gasteiger partial charge is 0.394 e. The molecule has 0 heterocycles. The summed E-state index contributed by atoms with van der Waals surface area (Å²) in [4.78, 5) is 0. The van der Waals surface area contributed by atoms with Gasteiger partial charge in [-0.25, -0.2) is 13.2 Å². The van der Waals surface area contributed by atoms with Crippen molar-refractivity contribution >= 4 is 17.3 Å². The molecule has 0 aliphatic carbocycles. The van der Waals surface area contributed by atoms with E-state index in [-0.39, 0.29) is 0 Å². The van der Waals surface area contributed by atoms with Gasteiger partial charge in [0.1, 0.15) is 5.69 Å². The van der Waals surface area contributed by atoms with Crippen LogP contribution in [0.5, 0.6) is 0 Å². The van der Waals surface area contributed by atoms with Crippen molar-refractivity contribution in [3.63, 3.8) is 0 Å². The van der Waals surface area contributed by atoms with Crippen molar-refractivity contribution in [2.45, 2.75) is 0 Å². The molecule has 60 valence electrons. The number of hydrogen-bond acceptors (Lipinski definition) is 1. The molecular weight excluding hydrogens is 179 g/mol. The summed E-state index contributed by atoms with van der Waals surface area (Å²) >= 11 is 5.08. The van der Waals surface area contributed by atoms with Gasteiger partial charge in [0.15, 0.2) is 17.5 Å². The molecule has 0 saturated heterocycles. The summed E-state index contributed by atoms with van der Waals surface area (Å²) in [5.41, 5.74) is 3.95. The van der Waals surface area contributed by atoms with Crippen molar-refractivity contribution in [3.8, 4) is 0 Å². The molecule has 0 fully saturated rings. The zero-order chi connectivity index (χ0) is 8.59. The Labute approximate surface area is 65.6 Å². The van der Waals surface area contributed by atoms with E-state index in [9.17, 15) is 13.2 Å². The maximum atomic E-state index is 12.4. The molecule has 1 aromatic rings. The van der Waals surface area contributed by atoms with Gasteiger partial charge in [0, 0.05) is 0 Å². The number of anilines is 1. The lowest BCUT2D eigenvalue weighted by molar-refractivity contribution is 0.500. The van der Waals surface area contributed by atoms with Crippen LogP contribution in [-0.2, 0) is 0 Å². The molecule has 0 amide bonds. The molecule has 0 atom stereocenters. The SMILES string of the molecule is Nc1c(F)cc(Cl)c(F)c1F. The zero-order valence-corrected chi connectivity index (χ0v) is 5.92. The van der Waals surface area contributed by atoms with Gasteiger partial charge in [-0.3, -0.25) is 0 Å². The van der Waals surface area contributed by atoms with Crippen LogP contribution in [0.25, 0.3) is 0 Å². The van der Waals surface area contributed by atoms with Crippen molar-refractivity contribution < 1.29 is 13.2 Å². The fourth-order valence-corrected chi connectivity index (χ4v) is 0.759. The van der Waals surface area contributed by atoms with Crippen molar-refractivity contribution in [1.82, 2.24) is 0 Å². The Morgan fingerprint density at radius 3 is 2.27 bits per heavy atom. The van der Waals surface area contributed by atoms with E-state index in [4.69, 9.17) is 17.3 Å². The summed E-state index contributed by atoms with van der Waals surface area (Å²) in [6.07, 6.45) is 0. The predicted molar refractivity (Wildman–Crippen MR) is 35.7 cm³/mol. The van der Waals surface area contributed by atoms with Crippen molar-refractivity contribution in [2.24, 2.45) is 0 Å². The van der Waals surface area contributed by atoms with Crippen LogP contribution < -0.4 is 5.73 Å². The van der Waals surface area contributed by atoms with E-state index in [2.05, 4.69) is 0 Å². The second kappa shape index (κ2) is 2.62. The van der Waals surface area contributed by atoms with Crippen LogP contribution in [0.4, 0.5) is 18.9 Å². The maximum absolute atomic E-state index is 12.4. The quantitative estimate of drug-likeness (QED) is 0.371. The van der Waals surface area contributed by atoms with Gasteiger partial charge in [0.2, 0.25) is 0 Å². The molecule has 0 unspecified atom stereocenters.